The predicted molar refractivity (Wildman–Crippen MR) is 95.1 cm³/mol. The van der Waals surface area contributed by atoms with E-state index in [2.05, 4.69) is 21.2 Å². The number of halogens is 1. The van der Waals surface area contributed by atoms with Crippen LogP contribution in [0.2, 0.25) is 5.02 Å². The van der Waals surface area contributed by atoms with Crippen molar-refractivity contribution < 1.29 is 4.79 Å². The van der Waals surface area contributed by atoms with Crippen molar-refractivity contribution in [3.05, 3.63) is 51.8 Å². The highest BCUT2D eigenvalue weighted by molar-refractivity contribution is 6.30. The fourth-order valence-electron chi connectivity index (χ4n) is 3.15. The normalized spacial score (nSPS) is 15.7. The van der Waals surface area contributed by atoms with Crippen LogP contribution in [0, 0.1) is 13.8 Å². The highest BCUT2D eigenvalue weighted by Gasteiger charge is 2.22. The molecule has 2 aromatic rings. The molecule has 0 aliphatic carbocycles. The summed E-state index contributed by atoms with van der Waals surface area (Å²) >= 11 is 6.04. The lowest BCUT2D eigenvalue weighted by atomic mass is 10.1. The number of hydrogen-bond donors (Lipinski definition) is 1. The first-order valence-corrected chi connectivity index (χ1v) is 8.66. The molecule has 1 amide bonds. The van der Waals surface area contributed by atoms with Crippen molar-refractivity contribution in [1.82, 2.24) is 20.0 Å². The number of H-pyrrole nitrogens is 1. The van der Waals surface area contributed by atoms with Crippen LogP contribution in [-0.4, -0.2) is 52.1 Å². The first-order valence-electron chi connectivity index (χ1n) is 8.28. The number of benzene rings is 1. The maximum Gasteiger partial charge on any atom is 0.227 e. The van der Waals surface area contributed by atoms with Crippen LogP contribution in [-0.2, 0) is 17.8 Å². The maximum absolute atomic E-state index is 12.5. The van der Waals surface area contributed by atoms with E-state index in [-0.39, 0.29) is 5.91 Å². The molecule has 1 aliphatic heterocycles. The summed E-state index contributed by atoms with van der Waals surface area (Å²) < 4.78 is 0. The number of rotatable bonds is 4. The number of nitrogens with zero attached hydrogens (tertiary/aromatic N) is 3. The van der Waals surface area contributed by atoms with Gasteiger partial charge in [0.25, 0.3) is 0 Å². The van der Waals surface area contributed by atoms with E-state index in [9.17, 15) is 4.79 Å². The van der Waals surface area contributed by atoms with Gasteiger partial charge in [0.2, 0.25) is 5.91 Å². The number of aryl methyl sites for hydroxylation is 2. The second-order valence-electron chi connectivity index (χ2n) is 6.38. The van der Waals surface area contributed by atoms with Crippen molar-refractivity contribution in [2.24, 2.45) is 0 Å². The van der Waals surface area contributed by atoms with Crippen LogP contribution in [0.5, 0.6) is 0 Å². The van der Waals surface area contributed by atoms with Gasteiger partial charge >= 0.3 is 0 Å². The minimum atomic E-state index is 0.185. The number of piperazine rings is 1. The fraction of sp³-hybridized carbons (Fsp3) is 0.444. The topological polar surface area (TPSA) is 52.2 Å². The van der Waals surface area contributed by atoms with Crippen molar-refractivity contribution in [2.75, 3.05) is 26.2 Å². The molecule has 0 atom stereocenters. The highest BCUT2D eigenvalue weighted by Crippen LogP contribution is 2.15. The van der Waals surface area contributed by atoms with Gasteiger partial charge in [-0.25, -0.2) is 0 Å². The summed E-state index contributed by atoms with van der Waals surface area (Å²) in [5.41, 5.74) is 4.15. The quantitative estimate of drug-likeness (QED) is 0.925. The summed E-state index contributed by atoms with van der Waals surface area (Å²) in [6.45, 7) is 8.11. The summed E-state index contributed by atoms with van der Waals surface area (Å²) in [5, 5.41) is 7.88. The third-order valence-corrected chi connectivity index (χ3v) is 4.86. The van der Waals surface area contributed by atoms with Crippen molar-refractivity contribution in [1.29, 1.82) is 0 Å². The van der Waals surface area contributed by atoms with Gasteiger partial charge in [-0.2, -0.15) is 5.10 Å². The average Bonchev–Trinajstić information content (AvgIpc) is 2.87. The lowest BCUT2D eigenvalue weighted by molar-refractivity contribution is -0.132. The Hall–Kier alpha value is -1.85. The third kappa shape index (κ3) is 3.97. The van der Waals surface area contributed by atoms with Crippen LogP contribution in [0.25, 0.3) is 0 Å². The zero-order chi connectivity index (χ0) is 17.1. The molecule has 6 heteroatoms. The van der Waals surface area contributed by atoms with E-state index in [1.165, 1.54) is 5.56 Å². The van der Waals surface area contributed by atoms with Crippen LogP contribution < -0.4 is 0 Å². The summed E-state index contributed by atoms with van der Waals surface area (Å²) in [6.07, 6.45) is 0.433. The van der Waals surface area contributed by atoms with Crippen LogP contribution >= 0.6 is 11.6 Å². The molecule has 0 unspecified atom stereocenters. The standard InChI is InChI=1S/C18H23ClN4O/c1-13-17(14(2)21-20-13)11-18(24)23-8-6-22(7-9-23)12-15-4-3-5-16(19)10-15/h3-5,10H,6-9,11-12H2,1-2H3,(H,20,21). The summed E-state index contributed by atoms with van der Waals surface area (Å²) in [5.74, 6) is 0.185. The first-order chi connectivity index (χ1) is 11.5. The van der Waals surface area contributed by atoms with Crippen LogP contribution in [0.1, 0.15) is 22.5 Å². The molecule has 0 bridgehead atoms. The molecule has 0 saturated carbocycles. The molecule has 0 radical (unpaired) electrons. The SMILES string of the molecule is Cc1n[nH]c(C)c1CC(=O)N1CCN(Cc2cccc(Cl)c2)CC1. The molecule has 2 heterocycles. The lowest BCUT2D eigenvalue weighted by Gasteiger charge is -2.35. The van der Waals surface area contributed by atoms with E-state index in [4.69, 9.17) is 11.6 Å². The average molecular weight is 347 g/mol. The Balaban J connectivity index is 1.52. The third-order valence-electron chi connectivity index (χ3n) is 4.63. The van der Waals surface area contributed by atoms with E-state index in [1.54, 1.807) is 0 Å². The van der Waals surface area contributed by atoms with Crippen LogP contribution in [0.15, 0.2) is 24.3 Å². The number of amides is 1. The van der Waals surface area contributed by atoms with Crippen molar-refractivity contribution in [2.45, 2.75) is 26.8 Å². The molecule has 1 saturated heterocycles. The van der Waals surface area contributed by atoms with Crippen molar-refractivity contribution in [3.8, 4) is 0 Å². The van der Waals surface area contributed by atoms with E-state index in [0.717, 1.165) is 54.7 Å². The monoisotopic (exact) mass is 346 g/mol. The summed E-state index contributed by atoms with van der Waals surface area (Å²) in [6, 6.07) is 7.96. The van der Waals surface area contributed by atoms with Crippen LogP contribution in [0.3, 0.4) is 0 Å². The molecule has 5 nitrogen and oxygen atoms in total. The van der Waals surface area contributed by atoms with Crippen LogP contribution in [0.4, 0.5) is 0 Å². The number of nitrogens with one attached hydrogen (secondary N) is 1. The second kappa shape index (κ2) is 7.36. The molecule has 1 N–H and O–H groups in total. The minimum absolute atomic E-state index is 0.185. The summed E-state index contributed by atoms with van der Waals surface area (Å²) in [4.78, 5) is 16.9. The Bertz CT molecular complexity index is 700. The highest BCUT2D eigenvalue weighted by atomic mass is 35.5. The summed E-state index contributed by atoms with van der Waals surface area (Å²) in [7, 11) is 0. The van der Waals surface area contributed by atoms with Gasteiger partial charge < -0.3 is 4.90 Å². The van der Waals surface area contributed by atoms with Gasteiger partial charge in [-0.05, 0) is 31.5 Å². The van der Waals surface area contributed by atoms with E-state index < -0.39 is 0 Å². The molecule has 1 aliphatic rings. The van der Waals surface area contributed by atoms with Crippen molar-refractivity contribution >= 4 is 17.5 Å². The van der Waals surface area contributed by atoms with E-state index in [1.807, 2.05) is 36.9 Å². The molecule has 0 spiro atoms. The smallest absolute Gasteiger partial charge is 0.227 e. The Morgan fingerprint density at radius 3 is 2.62 bits per heavy atom. The number of aromatic amines is 1. The molecule has 128 valence electrons. The fourth-order valence-corrected chi connectivity index (χ4v) is 3.36. The zero-order valence-corrected chi connectivity index (χ0v) is 14.9. The predicted octanol–water partition coefficient (Wildman–Crippen LogP) is 2.57. The molecule has 1 aromatic heterocycles. The van der Waals surface area contributed by atoms with Gasteiger partial charge in [-0.1, -0.05) is 23.7 Å². The molecular formula is C18H23ClN4O. The Kier molecular flexibility index (Phi) is 5.21. The van der Waals surface area contributed by atoms with Crippen molar-refractivity contribution in [3.63, 3.8) is 0 Å². The molecule has 1 aromatic carbocycles. The molecule has 24 heavy (non-hydrogen) atoms. The van der Waals surface area contributed by atoms with E-state index in [0.29, 0.717) is 6.42 Å². The van der Waals surface area contributed by atoms with Gasteiger partial charge in [0.1, 0.15) is 0 Å². The maximum atomic E-state index is 12.5. The lowest BCUT2D eigenvalue weighted by Crippen LogP contribution is -2.48. The second-order valence-corrected chi connectivity index (χ2v) is 6.81. The molecular weight excluding hydrogens is 324 g/mol. The van der Waals surface area contributed by atoms with Gasteiger partial charge in [-0.3, -0.25) is 14.8 Å². The van der Waals surface area contributed by atoms with E-state index >= 15 is 0 Å². The largest absolute Gasteiger partial charge is 0.340 e. The molecule has 1 fully saturated rings. The zero-order valence-electron chi connectivity index (χ0n) is 14.2. The number of carbonyl (C=O) groups excluding carboxylic acids is 1. The number of hydrogen-bond acceptors (Lipinski definition) is 3. The first kappa shape index (κ1) is 17.0. The minimum Gasteiger partial charge on any atom is -0.340 e. The van der Waals surface area contributed by atoms with Gasteiger partial charge in [-0.15, -0.1) is 0 Å². The van der Waals surface area contributed by atoms with Gasteiger partial charge in [0, 0.05) is 49.0 Å². The Morgan fingerprint density at radius 2 is 2.00 bits per heavy atom. The number of aromatic nitrogens is 2. The Labute approximate surface area is 147 Å². The van der Waals surface area contributed by atoms with Gasteiger partial charge in [0.15, 0.2) is 0 Å². The molecule has 3 rings (SSSR count). The number of carbonyl (C=O) groups is 1. The Morgan fingerprint density at radius 1 is 1.25 bits per heavy atom. The van der Waals surface area contributed by atoms with Gasteiger partial charge in [0.05, 0.1) is 12.1 Å².